The second kappa shape index (κ2) is 7.06. The Hall–Kier alpha value is -1.36. The van der Waals surface area contributed by atoms with E-state index in [2.05, 4.69) is 17.2 Å². The van der Waals surface area contributed by atoms with Crippen molar-refractivity contribution in [1.82, 2.24) is 10.6 Å². The molecule has 0 aromatic heterocycles. The number of esters is 1. The number of amides is 1. The Morgan fingerprint density at radius 1 is 1.41 bits per heavy atom. The molecule has 0 bridgehead atoms. The van der Waals surface area contributed by atoms with Crippen LogP contribution in [0.1, 0.15) is 26.2 Å². The largest absolute Gasteiger partial charge is 0.463 e. The maximum Gasteiger partial charge on any atom is 0.334 e. The summed E-state index contributed by atoms with van der Waals surface area (Å²) in [6.45, 7) is 6.61. The van der Waals surface area contributed by atoms with Gasteiger partial charge in [-0.15, -0.1) is 0 Å². The van der Waals surface area contributed by atoms with Crippen molar-refractivity contribution in [3.8, 4) is 0 Å². The van der Waals surface area contributed by atoms with E-state index in [1.54, 1.807) is 6.92 Å². The average Bonchev–Trinajstić information content (AvgIpc) is 3.08. The summed E-state index contributed by atoms with van der Waals surface area (Å²) in [6.07, 6.45) is 2.62. The van der Waals surface area contributed by atoms with Crippen LogP contribution in [0.4, 0.5) is 0 Å². The van der Waals surface area contributed by atoms with Crippen LogP contribution < -0.4 is 10.6 Å². The van der Waals surface area contributed by atoms with Crippen LogP contribution >= 0.6 is 0 Å². The third-order valence-electron chi connectivity index (χ3n) is 2.37. The van der Waals surface area contributed by atoms with Crippen molar-refractivity contribution in [2.75, 3.05) is 19.7 Å². The zero-order valence-corrected chi connectivity index (χ0v) is 10.3. The van der Waals surface area contributed by atoms with E-state index in [0.717, 1.165) is 12.8 Å². The molecule has 0 aliphatic heterocycles. The first kappa shape index (κ1) is 13.7. The highest BCUT2D eigenvalue weighted by Gasteiger charge is 2.22. The second-order valence-electron chi connectivity index (χ2n) is 4.09. The minimum Gasteiger partial charge on any atom is -0.463 e. The van der Waals surface area contributed by atoms with E-state index in [1.165, 1.54) is 0 Å². The third-order valence-corrected chi connectivity index (χ3v) is 2.37. The molecular weight excluding hydrogens is 220 g/mol. The van der Waals surface area contributed by atoms with E-state index < -0.39 is 0 Å². The number of rotatable bonds is 8. The molecule has 1 aliphatic rings. The van der Waals surface area contributed by atoms with Gasteiger partial charge in [0.05, 0.1) is 6.61 Å². The molecule has 0 heterocycles. The number of carbonyl (C=O) groups is 2. The molecule has 5 nitrogen and oxygen atoms in total. The molecule has 0 atom stereocenters. The van der Waals surface area contributed by atoms with E-state index in [0.29, 0.717) is 37.7 Å². The van der Waals surface area contributed by atoms with Gasteiger partial charge in [0, 0.05) is 31.1 Å². The normalized spacial score (nSPS) is 14.2. The van der Waals surface area contributed by atoms with Crippen molar-refractivity contribution in [2.24, 2.45) is 0 Å². The predicted molar refractivity (Wildman–Crippen MR) is 64.4 cm³/mol. The van der Waals surface area contributed by atoms with Crippen LogP contribution in [-0.2, 0) is 14.3 Å². The van der Waals surface area contributed by atoms with Gasteiger partial charge >= 0.3 is 5.97 Å². The van der Waals surface area contributed by atoms with Crippen molar-refractivity contribution >= 4 is 11.9 Å². The van der Waals surface area contributed by atoms with E-state index in [4.69, 9.17) is 4.74 Å². The molecule has 96 valence electrons. The van der Waals surface area contributed by atoms with Gasteiger partial charge in [-0.3, -0.25) is 4.79 Å². The number of carbonyl (C=O) groups excluding carboxylic acids is 2. The summed E-state index contributed by atoms with van der Waals surface area (Å²) in [5.41, 5.74) is 0.384. The highest BCUT2D eigenvalue weighted by atomic mass is 16.5. The van der Waals surface area contributed by atoms with Crippen molar-refractivity contribution in [3.63, 3.8) is 0 Å². The first-order chi connectivity index (χ1) is 8.13. The average molecular weight is 240 g/mol. The van der Waals surface area contributed by atoms with E-state index >= 15 is 0 Å². The van der Waals surface area contributed by atoms with Gasteiger partial charge in [-0.2, -0.15) is 0 Å². The lowest BCUT2D eigenvalue weighted by molar-refractivity contribution is -0.138. The number of hydrogen-bond donors (Lipinski definition) is 2. The summed E-state index contributed by atoms with van der Waals surface area (Å²) in [7, 11) is 0. The topological polar surface area (TPSA) is 67.4 Å². The van der Waals surface area contributed by atoms with Gasteiger partial charge in [0.2, 0.25) is 5.91 Å². The molecule has 1 fully saturated rings. The standard InChI is InChI=1S/C12H20N2O3/c1-3-17-12(16)9(2)8-13-7-6-11(15)14-10-4-5-10/h10,13H,2-8H2,1H3,(H,14,15). The molecule has 1 saturated carbocycles. The van der Waals surface area contributed by atoms with Gasteiger partial charge in [0.25, 0.3) is 0 Å². The maximum atomic E-state index is 11.3. The monoisotopic (exact) mass is 240 g/mol. The molecule has 1 aliphatic carbocycles. The van der Waals surface area contributed by atoms with Crippen molar-refractivity contribution in [2.45, 2.75) is 32.2 Å². The van der Waals surface area contributed by atoms with Crippen LogP contribution in [0.2, 0.25) is 0 Å². The molecule has 0 unspecified atom stereocenters. The van der Waals surface area contributed by atoms with Crippen LogP contribution in [-0.4, -0.2) is 37.6 Å². The van der Waals surface area contributed by atoms with Gasteiger partial charge in [-0.1, -0.05) is 6.58 Å². The Morgan fingerprint density at radius 2 is 2.12 bits per heavy atom. The zero-order chi connectivity index (χ0) is 12.7. The number of ether oxygens (including phenoxy) is 1. The molecule has 0 radical (unpaired) electrons. The molecule has 0 saturated heterocycles. The summed E-state index contributed by atoms with van der Waals surface area (Å²) in [4.78, 5) is 22.5. The van der Waals surface area contributed by atoms with E-state index in [-0.39, 0.29) is 11.9 Å². The molecule has 5 heteroatoms. The van der Waals surface area contributed by atoms with Crippen molar-refractivity contribution in [3.05, 3.63) is 12.2 Å². The highest BCUT2D eigenvalue weighted by Crippen LogP contribution is 2.18. The predicted octanol–water partition coefficient (Wildman–Crippen LogP) is 0.364. The number of nitrogens with one attached hydrogen (secondary N) is 2. The van der Waals surface area contributed by atoms with E-state index in [9.17, 15) is 9.59 Å². The van der Waals surface area contributed by atoms with Gasteiger partial charge in [0.15, 0.2) is 0 Å². The molecule has 0 aromatic rings. The fraction of sp³-hybridized carbons (Fsp3) is 0.667. The van der Waals surface area contributed by atoms with Crippen molar-refractivity contribution < 1.29 is 14.3 Å². The fourth-order valence-corrected chi connectivity index (χ4v) is 1.27. The lowest BCUT2D eigenvalue weighted by Crippen LogP contribution is -2.30. The Morgan fingerprint density at radius 3 is 2.71 bits per heavy atom. The van der Waals surface area contributed by atoms with Gasteiger partial charge in [-0.25, -0.2) is 4.79 Å². The van der Waals surface area contributed by atoms with Gasteiger partial charge in [-0.05, 0) is 19.8 Å². The van der Waals surface area contributed by atoms with Crippen LogP contribution in [0.5, 0.6) is 0 Å². The van der Waals surface area contributed by atoms with E-state index in [1.807, 2.05) is 0 Å². The molecule has 0 spiro atoms. The fourth-order valence-electron chi connectivity index (χ4n) is 1.27. The SMILES string of the molecule is C=C(CNCCC(=O)NC1CC1)C(=O)OCC. The summed E-state index contributed by atoms with van der Waals surface area (Å²) in [5, 5.41) is 5.88. The molecule has 2 N–H and O–H groups in total. The maximum absolute atomic E-state index is 11.3. The molecule has 1 rings (SSSR count). The third kappa shape index (κ3) is 6.06. The van der Waals surface area contributed by atoms with Gasteiger partial charge < -0.3 is 15.4 Å². The Balaban J connectivity index is 2.00. The van der Waals surface area contributed by atoms with Crippen molar-refractivity contribution in [1.29, 1.82) is 0 Å². The van der Waals surface area contributed by atoms with Gasteiger partial charge in [0.1, 0.15) is 0 Å². The molecular formula is C12H20N2O3. The lowest BCUT2D eigenvalue weighted by atomic mass is 10.3. The smallest absolute Gasteiger partial charge is 0.334 e. The minimum atomic E-state index is -0.387. The molecule has 1 amide bonds. The summed E-state index contributed by atoms with van der Waals surface area (Å²) in [6, 6.07) is 0.400. The lowest BCUT2D eigenvalue weighted by Gasteiger charge is -2.07. The second-order valence-corrected chi connectivity index (χ2v) is 4.09. The highest BCUT2D eigenvalue weighted by molar-refractivity contribution is 5.88. The summed E-state index contributed by atoms with van der Waals surface area (Å²) in [5.74, 6) is -0.329. The number of hydrogen-bond acceptors (Lipinski definition) is 4. The van der Waals surface area contributed by atoms with Crippen LogP contribution in [0.15, 0.2) is 12.2 Å². The summed E-state index contributed by atoms with van der Waals surface area (Å²) < 4.78 is 4.78. The first-order valence-corrected chi connectivity index (χ1v) is 5.98. The van der Waals surface area contributed by atoms with Crippen LogP contribution in [0.3, 0.4) is 0 Å². The minimum absolute atomic E-state index is 0.0572. The quantitative estimate of drug-likeness (QED) is 0.365. The molecule has 0 aromatic carbocycles. The van der Waals surface area contributed by atoms with Crippen LogP contribution in [0.25, 0.3) is 0 Å². The Kier molecular flexibility index (Phi) is 5.69. The molecule has 17 heavy (non-hydrogen) atoms. The zero-order valence-electron chi connectivity index (χ0n) is 10.3. The summed E-state index contributed by atoms with van der Waals surface area (Å²) >= 11 is 0. The van der Waals surface area contributed by atoms with Crippen LogP contribution in [0, 0.1) is 0 Å². The Labute approximate surface area is 102 Å². The first-order valence-electron chi connectivity index (χ1n) is 5.98. The Bertz CT molecular complexity index is 298.